The number of ether oxygens (including phenoxy) is 3. The summed E-state index contributed by atoms with van der Waals surface area (Å²) >= 11 is 6.68. The van der Waals surface area contributed by atoms with Crippen LogP contribution in [0.15, 0.2) is 84.2 Å². The predicted molar refractivity (Wildman–Crippen MR) is 193 cm³/mol. The van der Waals surface area contributed by atoms with Crippen molar-refractivity contribution in [3.8, 4) is 11.4 Å². The van der Waals surface area contributed by atoms with Crippen LogP contribution in [0, 0.1) is 13.8 Å². The fourth-order valence-corrected chi connectivity index (χ4v) is 6.97. The summed E-state index contributed by atoms with van der Waals surface area (Å²) in [4.78, 5) is 19.2. The lowest BCUT2D eigenvalue weighted by molar-refractivity contribution is -0.192. The molecule has 0 N–H and O–H groups in total. The van der Waals surface area contributed by atoms with Crippen molar-refractivity contribution in [1.82, 2.24) is 29.3 Å². The molecule has 262 valence electrons. The summed E-state index contributed by atoms with van der Waals surface area (Å²) in [7, 11) is 0. The van der Waals surface area contributed by atoms with Gasteiger partial charge in [-0.25, -0.2) is 14.0 Å². The molecule has 0 aliphatic carbocycles. The van der Waals surface area contributed by atoms with E-state index >= 15 is 0 Å². The summed E-state index contributed by atoms with van der Waals surface area (Å²) < 4.78 is 22.3. The van der Waals surface area contributed by atoms with Gasteiger partial charge in [0.15, 0.2) is 0 Å². The third-order valence-electron chi connectivity index (χ3n) is 9.63. The zero-order valence-electron chi connectivity index (χ0n) is 28.9. The van der Waals surface area contributed by atoms with Crippen molar-refractivity contribution in [2.24, 2.45) is 0 Å². The molecule has 3 aromatic carbocycles. The maximum Gasteiger partial charge on any atom is 0.350 e. The summed E-state index contributed by atoms with van der Waals surface area (Å²) in [5.74, 6) is -0.318. The molecule has 0 spiro atoms. The van der Waals surface area contributed by atoms with E-state index in [0.717, 1.165) is 66.4 Å². The van der Waals surface area contributed by atoms with Gasteiger partial charge in [-0.1, -0.05) is 30.7 Å². The Morgan fingerprint density at radius 1 is 0.920 bits per heavy atom. The van der Waals surface area contributed by atoms with Crippen molar-refractivity contribution in [2.45, 2.75) is 58.6 Å². The number of halogens is 1. The highest BCUT2D eigenvalue weighted by Gasteiger charge is 2.46. The molecule has 13 heteroatoms. The second-order valence-corrected chi connectivity index (χ2v) is 13.5. The van der Waals surface area contributed by atoms with Crippen molar-refractivity contribution in [3.05, 3.63) is 112 Å². The van der Waals surface area contributed by atoms with Crippen LogP contribution >= 0.6 is 11.6 Å². The number of anilines is 2. The minimum Gasteiger partial charge on any atom is -0.491 e. The van der Waals surface area contributed by atoms with E-state index in [2.05, 4.69) is 63.2 Å². The highest BCUT2D eigenvalue weighted by Crippen LogP contribution is 2.40. The van der Waals surface area contributed by atoms with Crippen LogP contribution < -0.4 is 20.2 Å². The molecule has 2 fully saturated rings. The summed E-state index contributed by atoms with van der Waals surface area (Å²) in [6.07, 6.45) is 5.40. The van der Waals surface area contributed by atoms with Gasteiger partial charge >= 0.3 is 5.69 Å². The number of rotatable bonds is 11. The topological polar surface area (TPSA) is 105 Å². The monoisotopic (exact) mass is 698 g/mol. The van der Waals surface area contributed by atoms with Crippen LogP contribution in [0.1, 0.15) is 43.0 Å². The number of aromatic nitrogens is 6. The molecular weight excluding hydrogens is 656 g/mol. The van der Waals surface area contributed by atoms with Crippen LogP contribution in [0.4, 0.5) is 11.4 Å². The summed E-state index contributed by atoms with van der Waals surface area (Å²) in [6.45, 7) is 12.6. The molecule has 7 rings (SSSR count). The van der Waals surface area contributed by atoms with E-state index < -0.39 is 5.79 Å². The van der Waals surface area contributed by atoms with Crippen LogP contribution in [0.2, 0.25) is 5.02 Å². The zero-order valence-corrected chi connectivity index (χ0v) is 29.7. The number of benzene rings is 3. The summed E-state index contributed by atoms with van der Waals surface area (Å²) in [5.41, 5.74) is 5.86. The first kappa shape index (κ1) is 33.8. The fraction of sp³-hybridized carbons (Fsp3) is 0.405. The van der Waals surface area contributed by atoms with E-state index in [-0.39, 0.29) is 24.4 Å². The SMILES string of the molecule is CCC(C)n1ncn(-c2ccc(N3CCN(c4ccc(OCC5COC(Cn6nccn6)(c6ccc(C)cc6Cl)O5)c(C)c4)CC3)cc2)c1=O. The first-order valence-electron chi connectivity index (χ1n) is 17.2. The molecule has 50 heavy (non-hydrogen) atoms. The maximum absolute atomic E-state index is 12.8. The Hall–Kier alpha value is -4.65. The molecule has 3 atom stereocenters. The molecule has 2 aromatic heterocycles. The molecule has 2 saturated heterocycles. The Kier molecular flexibility index (Phi) is 9.67. The summed E-state index contributed by atoms with van der Waals surface area (Å²) in [6, 6.07) is 20.4. The van der Waals surface area contributed by atoms with Gasteiger partial charge < -0.3 is 24.0 Å². The van der Waals surface area contributed by atoms with Gasteiger partial charge in [-0.05, 0) is 86.8 Å². The molecule has 2 aliphatic heterocycles. The number of piperazine rings is 1. The van der Waals surface area contributed by atoms with Crippen LogP contribution in [-0.4, -0.2) is 74.8 Å². The Morgan fingerprint density at radius 3 is 2.28 bits per heavy atom. The molecule has 3 unspecified atom stereocenters. The van der Waals surface area contributed by atoms with Gasteiger partial charge in [0.1, 0.15) is 31.3 Å². The largest absolute Gasteiger partial charge is 0.491 e. The van der Waals surface area contributed by atoms with E-state index in [1.54, 1.807) is 32.8 Å². The van der Waals surface area contributed by atoms with Gasteiger partial charge in [-0.2, -0.15) is 20.1 Å². The zero-order chi connectivity index (χ0) is 34.8. The molecular formula is C37H43ClN8O4. The van der Waals surface area contributed by atoms with Crippen molar-refractivity contribution >= 4 is 23.0 Å². The average molecular weight is 699 g/mol. The quantitative estimate of drug-likeness (QED) is 0.176. The van der Waals surface area contributed by atoms with E-state index in [1.807, 2.05) is 50.2 Å². The van der Waals surface area contributed by atoms with Gasteiger partial charge in [0, 0.05) is 48.1 Å². The van der Waals surface area contributed by atoms with Crippen LogP contribution in [0.3, 0.4) is 0 Å². The van der Waals surface area contributed by atoms with Crippen LogP contribution in [-0.2, 0) is 21.8 Å². The first-order valence-corrected chi connectivity index (χ1v) is 17.5. The van der Waals surface area contributed by atoms with Gasteiger partial charge in [-0.3, -0.25) is 0 Å². The second kappa shape index (κ2) is 14.3. The Labute approximate surface area is 296 Å². The van der Waals surface area contributed by atoms with E-state index in [9.17, 15) is 4.79 Å². The number of hydrogen-bond acceptors (Lipinski definition) is 9. The number of aryl methyl sites for hydroxylation is 2. The van der Waals surface area contributed by atoms with Crippen molar-refractivity contribution in [1.29, 1.82) is 0 Å². The first-order chi connectivity index (χ1) is 24.2. The minimum absolute atomic E-state index is 0.0663. The molecule has 0 bridgehead atoms. The average Bonchev–Trinajstić information content (AvgIpc) is 3.89. The molecule has 0 amide bonds. The Balaban J connectivity index is 0.947. The van der Waals surface area contributed by atoms with E-state index in [4.69, 9.17) is 25.8 Å². The van der Waals surface area contributed by atoms with Crippen LogP contribution in [0.25, 0.3) is 5.69 Å². The number of nitrogens with zero attached hydrogens (tertiary/aromatic N) is 8. The molecule has 4 heterocycles. The molecule has 0 radical (unpaired) electrons. The van der Waals surface area contributed by atoms with Gasteiger partial charge in [0.2, 0.25) is 5.79 Å². The van der Waals surface area contributed by atoms with Crippen LogP contribution in [0.5, 0.6) is 5.75 Å². The molecule has 5 aromatic rings. The highest BCUT2D eigenvalue weighted by molar-refractivity contribution is 6.31. The lowest BCUT2D eigenvalue weighted by atomic mass is 10.0. The summed E-state index contributed by atoms with van der Waals surface area (Å²) in [5, 5.41) is 13.4. The van der Waals surface area contributed by atoms with E-state index in [1.165, 1.54) is 5.69 Å². The molecule has 2 aliphatic rings. The van der Waals surface area contributed by atoms with Crippen molar-refractivity contribution in [3.63, 3.8) is 0 Å². The molecule has 12 nitrogen and oxygen atoms in total. The lowest BCUT2D eigenvalue weighted by Crippen LogP contribution is -2.46. The smallest absolute Gasteiger partial charge is 0.350 e. The minimum atomic E-state index is -1.13. The maximum atomic E-state index is 12.8. The second-order valence-electron chi connectivity index (χ2n) is 13.1. The third kappa shape index (κ3) is 6.87. The van der Waals surface area contributed by atoms with Crippen molar-refractivity contribution < 1.29 is 14.2 Å². The van der Waals surface area contributed by atoms with Gasteiger partial charge in [-0.15, -0.1) is 0 Å². The normalized spacial score (nSPS) is 20.0. The predicted octanol–water partition coefficient (Wildman–Crippen LogP) is 5.54. The Bertz CT molecular complexity index is 1970. The standard InChI is InChI=1S/C37H43ClN8O4/c1-5-28(4)46-36(47)44(25-41-46)30-9-7-29(8-10-30)42-16-18-43(19-17-42)31-11-13-35(27(3)21-31)48-22-32-23-49-37(50-32,24-45-39-14-15-40-45)33-12-6-26(2)20-34(33)38/h6-15,20-21,25,28,32H,5,16-19,22-24H2,1-4H3. The lowest BCUT2D eigenvalue weighted by Gasteiger charge is -2.37. The Morgan fingerprint density at radius 2 is 1.60 bits per heavy atom. The van der Waals surface area contributed by atoms with E-state index in [0.29, 0.717) is 18.2 Å². The highest BCUT2D eigenvalue weighted by atomic mass is 35.5. The number of hydrogen-bond donors (Lipinski definition) is 0. The van der Waals surface area contributed by atoms with Gasteiger partial charge in [0.25, 0.3) is 0 Å². The van der Waals surface area contributed by atoms with Gasteiger partial charge in [0.05, 0.1) is 30.7 Å². The fourth-order valence-electron chi connectivity index (χ4n) is 6.59. The van der Waals surface area contributed by atoms with Crippen molar-refractivity contribution in [2.75, 3.05) is 49.2 Å². The third-order valence-corrected chi connectivity index (χ3v) is 9.95. The molecule has 0 saturated carbocycles.